The summed E-state index contributed by atoms with van der Waals surface area (Å²) in [6.45, 7) is 0. The molecule has 0 aromatic heterocycles. The van der Waals surface area contributed by atoms with Gasteiger partial charge < -0.3 is 5.84 Å². The Kier molecular flexibility index (Phi) is 3.14. The van der Waals surface area contributed by atoms with Gasteiger partial charge in [0.25, 0.3) is 0 Å². The van der Waals surface area contributed by atoms with Gasteiger partial charge in [0.05, 0.1) is 0 Å². The summed E-state index contributed by atoms with van der Waals surface area (Å²) in [5, 5.41) is 3.19. The maximum atomic E-state index is 12.9. The molecule has 0 fully saturated rings. The lowest BCUT2D eigenvalue weighted by atomic mass is 10.2. The lowest BCUT2D eigenvalue weighted by Gasteiger charge is -1.94. The van der Waals surface area contributed by atoms with Gasteiger partial charge in [-0.2, -0.15) is 5.10 Å². The van der Waals surface area contributed by atoms with E-state index in [0.717, 1.165) is 6.07 Å². The van der Waals surface area contributed by atoms with E-state index in [0.29, 0.717) is 5.56 Å². The smallest absolute Gasteiger partial charge is 0.133 e. The van der Waals surface area contributed by atoms with Crippen molar-refractivity contribution in [1.82, 2.24) is 0 Å². The molecule has 0 atom stereocenters. The molecule has 0 unspecified atom stereocenters. The van der Waals surface area contributed by atoms with Crippen LogP contribution >= 0.6 is 0 Å². The molecule has 1 aromatic carbocycles. The van der Waals surface area contributed by atoms with Crippen molar-refractivity contribution in [2.24, 2.45) is 10.9 Å². The van der Waals surface area contributed by atoms with Crippen LogP contribution in [0.25, 0.3) is 6.08 Å². The van der Waals surface area contributed by atoms with Gasteiger partial charge in [-0.25, -0.2) is 8.78 Å². The van der Waals surface area contributed by atoms with Gasteiger partial charge >= 0.3 is 0 Å². The number of benzene rings is 1. The first kappa shape index (κ1) is 9.38. The Morgan fingerprint density at radius 3 is 2.69 bits per heavy atom. The fourth-order valence-electron chi connectivity index (χ4n) is 0.833. The Bertz CT molecular complexity index is 345. The highest BCUT2D eigenvalue weighted by Gasteiger charge is 1.98. The summed E-state index contributed by atoms with van der Waals surface area (Å²) >= 11 is 0. The molecule has 0 aliphatic heterocycles. The van der Waals surface area contributed by atoms with Gasteiger partial charge in [-0.1, -0.05) is 6.08 Å². The zero-order chi connectivity index (χ0) is 9.68. The van der Waals surface area contributed by atoms with E-state index >= 15 is 0 Å². The Balaban J connectivity index is 2.89. The molecule has 2 N–H and O–H groups in total. The molecule has 0 saturated heterocycles. The van der Waals surface area contributed by atoms with Crippen LogP contribution in [0.1, 0.15) is 5.56 Å². The average Bonchev–Trinajstić information content (AvgIpc) is 2.09. The molecule has 68 valence electrons. The molecule has 0 aliphatic rings. The highest BCUT2D eigenvalue weighted by molar-refractivity contribution is 5.77. The molecule has 0 amide bonds. The summed E-state index contributed by atoms with van der Waals surface area (Å²) < 4.78 is 25.3. The van der Waals surface area contributed by atoms with Gasteiger partial charge in [0.1, 0.15) is 11.6 Å². The molecule has 2 nitrogen and oxygen atoms in total. The van der Waals surface area contributed by atoms with Crippen LogP contribution in [0, 0.1) is 11.6 Å². The van der Waals surface area contributed by atoms with Crippen molar-refractivity contribution in [3.8, 4) is 0 Å². The fourth-order valence-corrected chi connectivity index (χ4v) is 0.833. The van der Waals surface area contributed by atoms with Crippen LogP contribution in [0.4, 0.5) is 8.78 Å². The predicted molar refractivity (Wildman–Crippen MR) is 48.1 cm³/mol. The highest BCUT2D eigenvalue weighted by Crippen LogP contribution is 2.10. The van der Waals surface area contributed by atoms with Crippen LogP contribution in [0.5, 0.6) is 0 Å². The zero-order valence-corrected chi connectivity index (χ0v) is 6.74. The maximum Gasteiger partial charge on any atom is 0.133 e. The molecule has 1 aromatic rings. The number of nitrogens with two attached hydrogens (primary N) is 1. The van der Waals surface area contributed by atoms with E-state index in [4.69, 9.17) is 5.84 Å². The SMILES string of the molecule is N/N=C/C=C/c1ccc(F)cc1F. The Morgan fingerprint density at radius 1 is 1.31 bits per heavy atom. The number of allylic oxidation sites excluding steroid dienone is 1. The van der Waals surface area contributed by atoms with Crippen molar-refractivity contribution >= 4 is 12.3 Å². The third-order valence-corrected chi connectivity index (χ3v) is 1.41. The molecule has 1 rings (SSSR count). The minimum absolute atomic E-state index is 0.293. The Labute approximate surface area is 74.4 Å². The van der Waals surface area contributed by atoms with Crippen LogP contribution in [-0.4, -0.2) is 6.21 Å². The van der Waals surface area contributed by atoms with E-state index in [1.165, 1.54) is 30.5 Å². The maximum absolute atomic E-state index is 12.9. The van der Waals surface area contributed by atoms with E-state index in [1.807, 2.05) is 0 Å². The second-order valence-corrected chi connectivity index (χ2v) is 2.32. The van der Waals surface area contributed by atoms with Crippen LogP contribution in [-0.2, 0) is 0 Å². The highest BCUT2D eigenvalue weighted by atomic mass is 19.1. The molecular weight excluding hydrogens is 174 g/mol. The first-order chi connectivity index (χ1) is 6.24. The van der Waals surface area contributed by atoms with E-state index in [2.05, 4.69) is 5.10 Å². The number of hydrogen-bond donors (Lipinski definition) is 1. The first-order valence-corrected chi connectivity index (χ1v) is 3.59. The number of nitrogens with zero attached hydrogens (tertiary/aromatic N) is 1. The predicted octanol–water partition coefficient (Wildman–Crippen LogP) is 1.92. The van der Waals surface area contributed by atoms with Crippen LogP contribution in [0.3, 0.4) is 0 Å². The van der Waals surface area contributed by atoms with Gasteiger partial charge in [-0.15, -0.1) is 0 Å². The summed E-state index contributed by atoms with van der Waals surface area (Å²) in [6.07, 6.45) is 4.23. The monoisotopic (exact) mass is 182 g/mol. The molecule has 4 heteroatoms. The number of hydrogen-bond acceptors (Lipinski definition) is 2. The van der Waals surface area contributed by atoms with Crippen LogP contribution < -0.4 is 5.84 Å². The van der Waals surface area contributed by atoms with Crippen molar-refractivity contribution in [2.75, 3.05) is 0 Å². The zero-order valence-electron chi connectivity index (χ0n) is 6.74. The molecule has 0 spiro atoms. The van der Waals surface area contributed by atoms with Crippen molar-refractivity contribution in [3.63, 3.8) is 0 Å². The Hall–Kier alpha value is -1.71. The first-order valence-electron chi connectivity index (χ1n) is 3.59. The summed E-state index contributed by atoms with van der Waals surface area (Å²) in [7, 11) is 0. The number of hydrazone groups is 1. The van der Waals surface area contributed by atoms with Gasteiger partial charge in [0, 0.05) is 17.8 Å². The van der Waals surface area contributed by atoms with Gasteiger partial charge in [0.15, 0.2) is 0 Å². The summed E-state index contributed by atoms with van der Waals surface area (Å²) in [5.41, 5.74) is 0.293. The van der Waals surface area contributed by atoms with Gasteiger partial charge in [0.2, 0.25) is 0 Å². The minimum Gasteiger partial charge on any atom is -0.323 e. The molecule has 0 saturated carbocycles. The quantitative estimate of drug-likeness (QED) is 0.423. The van der Waals surface area contributed by atoms with Crippen LogP contribution in [0.2, 0.25) is 0 Å². The fraction of sp³-hybridized carbons (Fsp3) is 0. The van der Waals surface area contributed by atoms with Crippen LogP contribution in [0.15, 0.2) is 29.4 Å². The van der Waals surface area contributed by atoms with E-state index < -0.39 is 11.6 Å². The van der Waals surface area contributed by atoms with Crippen molar-refractivity contribution in [1.29, 1.82) is 0 Å². The minimum atomic E-state index is -0.610. The Morgan fingerprint density at radius 2 is 2.08 bits per heavy atom. The lowest BCUT2D eigenvalue weighted by molar-refractivity contribution is 0.581. The summed E-state index contributed by atoms with van der Waals surface area (Å²) in [5.74, 6) is 3.61. The lowest BCUT2D eigenvalue weighted by Crippen LogP contribution is -1.84. The average molecular weight is 182 g/mol. The third-order valence-electron chi connectivity index (χ3n) is 1.41. The van der Waals surface area contributed by atoms with Crippen molar-refractivity contribution in [2.45, 2.75) is 0 Å². The molecule has 0 bridgehead atoms. The molecule has 0 aliphatic carbocycles. The molecule has 0 heterocycles. The van der Waals surface area contributed by atoms with Gasteiger partial charge in [-0.05, 0) is 18.2 Å². The van der Waals surface area contributed by atoms with Crippen molar-refractivity contribution < 1.29 is 8.78 Å². The number of rotatable bonds is 2. The molecule has 0 radical (unpaired) electrons. The second-order valence-electron chi connectivity index (χ2n) is 2.32. The standard InChI is InChI=1S/C9H8F2N2/c10-8-4-3-7(9(11)6-8)2-1-5-13-12/h1-6H,12H2/b2-1+,13-5+. The third kappa shape index (κ3) is 2.66. The van der Waals surface area contributed by atoms with E-state index in [1.54, 1.807) is 0 Å². The molecular formula is C9H8F2N2. The normalized spacial score (nSPS) is 11.5. The summed E-state index contributed by atoms with van der Waals surface area (Å²) in [6, 6.07) is 3.34. The van der Waals surface area contributed by atoms with E-state index in [-0.39, 0.29) is 0 Å². The number of halogens is 2. The molecule has 13 heavy (non-hydrogen) atoms. The largest absolute Gasteiger partial charge is 0.323 e. The topological polar surface area (TPSA) is 38.4 Å². The second kappa shape index (κ2) is 4.35. The van der Waals surface area contributed by atoms with Crippen molar-refractivity contribution in [3.05, 3.63) is 41.5 Å². The summed E-state index contributed by atoms with van der Waals surface area (Å²) in [4.78, 5) is 0. The van der Waals surface area contributed by atoms with E-state index in [9.17, 15) is 8.78 Å². The van der Waals surface area contributed by atoms with Gasteiger partial charge in [-0.3, -0.25) is 0 Å².